The van der Waals surface area contributed by atoms with E-state index < -0.39 is 9.15 Å². The van der Waals surface area contributed by atoms with Crippen LogP contribution >= 0.6 is 32.5 Å². The van der Waals surface area contributed by atoms with E-state index in [9.17, 15) is 0 Å². The molecule has 0 spiro atoms. The van der Waals surface area contributed by atoms with E-state index in [2.05, 4.69) is 27.6 Å². The number of rotatable bonds is 2. The van der Waals surface area contributed by atoms with Crippen molar-refractivity contribution >= 4 is 32.5 Å². The fourth-order valence-electron chi connectivity index (χ4n) is 0.712. The molecule has 0 aromatic heterocycles. The van der Waals surface area contributed by atoms with E-state index in [1.165, 1.54) is 0 Å². The molecule has 1 rings (SSSR count). The van der Waals surface area contributed by atoms with E-state index in [4.69, 9.17) is 4.74 Å². The monoisotopic (exact) mass is 185 g/mol. The lowest BCUT2D eigenvalue weighted by atomic mass is 10.2. The zero-order valence-corrected chi connectivity index (χ0v) is 7.87. The SMILES string of the molecule is COC1CN([SH](S)S)C1. The highest BCUT2D eigenvalue weighted by Gasteiger charge is 2.27. The van der Waals surface area contributed by atoms with Crippen LogP contribution in [0.5, 0.6) is 0 Å². The number of methoxy groups -OCH3 is 1. The first kappa shape index (κ1) is 8.07. The number of hydrogen-bond acceptors (Lipinski definition) is 4. The fraction of sp³-hybridized carbons (Fsp3) is 1.00. The molecule has 1 aliphatic heterocycles. The van der Waals surface area contributed by atoms with Crippen LogP contribution in [0.25, 0.3) is 0 Å². The third-order valence-corrected chi connectivity index (χ3v) is 3.77. The van der Waals surface area contributed by atoms with Crippen molar-refractivity contribution in [2.75, 3.05) is 20.2 Å². The molecule has 1 heterocycles. The first-order chi connectivity index (χ1) is 4.24. The second-order valence-electron chi connectivity index (χ2n) is 2.00. The van der Waals surface area contributed by atoms with Crippen LogP contribution in [0, 0.1) is 0 Å². The number of ether oxygens (including phenoxy) is 1. The maximum absolute atomic E-state index is 5.07. The van der Waals surface area contributed by atoms with Crippen LogP contribution in [0.1, 0.15) is 0 Å². The van der Waals surface area contributed by atoms with Gasteiger partial charge in [0.2, 0.25) is 0 Å². The van der Waals surface area contributed by atoms with Crippen LogP contribution in [0.2, 0.25) is 0 Å². The van der Waals surface area contributed by atoms with Gasteiger partial charge in [-0.3, -0.25) is 0 Å². The standard InChI is InChI=1S/C4H11NOS3/c1-6-4-2-5(3-4)9(7)8/h4,7-9H,2-3H2,1H3. The molecule has 1 fully saturated rings. The van der Waals surface area contributed by atoms with Crippen molar-refractivity contribution in [3.8, 4) is 0 Å². The molecule has 0 unspecified atom stereocenters. The summed E-state index contributed by atoms with van der Waals surface area (Å²) in [6, 6.07) is 0. The van der Waals surface area contributed by atoms with Gasteiger partial charge < -0.3 is 4.74 Å². The van der Waals surface area contributed by atoms with Gasteiger partial charge in [-0.2, -0.15) is 0 Å². The Morgan fingerprint density at radius 1 is 1.56 bits per heavy atom. The Morgan fingerprint density at radius 2 is 2.11 bits per heavy atom. The van der Waals surface area contributed by atoms with Gasteiger partial charge in [-0.1, -0.05) is 0 Å². The van der Waals surface area contributed by atoms with E-state index in [0.29, 0.717) is 6.10 Å². The molecule has 0 amide bonds. The second-order valence-corrected chi connectivity index (χ2v) is 6.32. The van der Waals surface area contributed by atoms with Gasteiger partial charge in [0.25, 0.3) is 0 Å². The van der Waals surface area contributed by atoms with Crippen LogP contribution in [-0.4, -0.2) is 30.6 Å². The minimum Gasteiger partial charge on any atom is -0.379 e. The van der Waals surface area contributed by atoms with Crippen LogP contribution in [-0.2, 0) is 4.74 Å². The Morgan fingerprint density at radius 3 is 2.44 bits per heavy atom. The topological polar surface area (TPSA) is 12.5 Å². The molecule has 0 aromatic rings. The van der Waals surface area contributed by atoms with Gasteiger partial charge in [-0.05, 0) is 0 Å². The van der Waals surface area contributed by atoms with E-state index in [0.717, 1.165) is 13.1 Å². The first-order valence-electron chi connectivity index (χ1n) is 2.69. The minimum atomic E-state index is -0.465. The van der Waals surface area contributed by atoms with Gasteiger partial charge in [-0.25, -0.2) is 4.31 Å². The quantitative estimate of drug-likeness (QED) is 0.437. The molecule has 5 heteroatoms. The van der Waals surface area contributed by atoms with Gasteiger partial charge in [0.1, 0.15) is 0 Å². The lowest BCUT2D eigenvalue weighted by Gasteiger charge is -2.40. The number of nitrogens with zero attached hydrogens (tertiary/aromatic N) is 1. The lowest BCUT2D eigenvalue weighted by molar-refractivity contribution is 0.0179. The predicted molar refractivity (Wildman–Crippen MR) is 49.3 cm³/mol. The van der Waals surface area contributed by atoms with Gasteiger partial charge in [-0.15, -0.1) is 32.5 Å². The Bertz CT molecular complexity index is 93.8. The predicted octanol–water partition coefficient (Wildman–Crippen LogP) is 0.923. The smallest absolute Gasteiger partial charge is 0.0843 e. The summed E-state index contributed by atoms with van der Waals surface area (Å²) in [4.78, 5) is 0. The Kier molecular flexibility index (Phi) is 3.04. The van der Waals surface area contributed by atoms with Crippen LogP contribution in [0.4, 0.5) is 0 Å². The van der Waals surface area contributed by atoms with Crippen LogP contribution < -0.4 is 0 Å². The maximum atomic E-state index is 5.07. The average Bonchev–Trinajstić information content (AvgIpc) is 1.61. The summed E-state index contributed by atoms with van der Waals surface area (Å²) in [5.74, 6) is 0. The molecule has 0 atom stereocenters. The summed E-state index contributed by atoms with van der Waals surface area (Å²) in [5.41, 5.74) is 0. The summed E-state index contributed by atoms with van der Waals surface area (Å²) in [6.45, 7) is 1.99. The van der Waals surface area contributed by atoms with Gasteiger partial charge in [0.05, 0.1) is 6.10 Å². The minimum absolute atomic E-state index is 0.425. The van der Waals surface area contributed by atoms with Crippen molar-refractivity contribution < 1.29 is 4.74 Å². The maximum Gasteiger partial charge on any atom is 0.0843 e. The highest BCUT2D eigenvalue weighted by atomic mass is 33.5. The van der Waals surface area contributed by atoms with Crippen molar-refractivity contribution in [3.05, 3.63) is 0 Å². The first-order valence-corrected chi connectivity index (χ1v) is 6.29. The third kappa shape index (κ3) is 1.94. The largest absolute Gasteiger partial charge is 0.379 e. The van der Waals surface area contributed by atoms with E-state index >= 15 is 0 Å². The van der Waals surface area contributed by atoms with Crippen molar-refractivity contribution in [2.45, 2.75) is 6.10 Å². The molecule has 0 aromatic carbocycles. The number of thiol groups is 3. The van der Waals surface area contributed by atoms with Crippen LogP contribution in [0.3, 0.4) is 0 Å². The molecule has 1 saturated heterocycles. The summed E-state index contributed by atoms with van der Waals surface area (Å²) < 4.78 is 7.26. The molecule has 56 valence electrons. The average molecular weight is 185 g/mol. The summed E-state index contributed by atoms with van der Waals surface area (Å²) in [5, 5.41) is 0. The lowest BCUT2D eigenvalue weighted by Crippen LogP contribution is -2.48. The molecular weight excluding hydrogens is 174 g/mol. The Balaban J connectivity index is 2.12. The van der Waals surface area contributed by atoms with Gasteiger partial charge in [0, 0.05) is 20.2 Å². The van der Waals surface area contributed by atoms with E-state index in [-0.39, 0.29) is 0 Å². The van der Waals surface area contributed by atoms with Crippen molar-refractivity contribution in [2.24, 2.45) is 0 Å². The highest BCUT2D eigenvalue weighted by molar-refractivity contribution is 9.08. The van der Waals surface area contributed by atoms with Crippen LogP contribution in [0.15, 0.2) is 0 Å². The Hall–Kier alpha value is 0.970. The zero-order chi connectivity index (χ0) is 6.85. The second kappa shape index (κ2) is 3.39. The van der Waals surface area contributed by atoms with Gasteiger partial charge >= 0.3 is 0 Å². The normalized spacial score (nSPS) is 23.7. The van der Waals surface area contributed by atoms with E-state index in [1.807, 2.05) is 0 Å². The summed E-state index contributed by atoms with van der Waals surface area (Å²) in [7, 11) is 1.27. The molecule has 1 aliphatic rings. The Labute approximate surface area is 68.0 Å². The molecule has 0 saturated carbocycles. The summed E-state index contributed by atoms with van der Waals surface area (Å²) >= 11 is 8.41. The summed E-state index contributed by atoms with van der Waals surface area (Å²) in [6.07, 6.45) is 0.425. The van der Waals surface area contributed by atoms with Crippen molar-refractivity contribution in [1.29, 1.82) is 0 Å². The third-order valence-electron chi connectivity index (χ3n) is 1.42. The van der Waals surface area contributed by atoms with E-state index in [1.54, 1.807) is 7.11 Å². The molecular formula is C4H11NOS3. The van der Waals surface area contributed by atoms with Gasteiger partial charge in [0.15, 0.2) is 0 Å². The highest BCUT2D eigenvalue weighted by Crippen LogP contribution is 2.42. The molecule has 2 nitrogen and oxygen atoms in total. The van der Waals surface area contributed by atoms with Crippen molar-refractivity contribution in [3.63, 3.8) is 0 Å². The number of hydrogen-bond donors (Lipinski definition) is 3. The van der Waals surface area contributed by atoms with Crippen molar-refractivity contribution in [1.82, 2.24) is 4.31 Å². The fourth-order valence-corrected chi connectivity index (χ4v) is 2.24. The molecule has 0 bridgehead atoms. The molecule has 0 radical (unpaired) electrons. The molecule has 0 aliphatic carbocycles. The molecule has 9 heavy (non-hydrogen) atoms. The zero-order valence-electron chi connectivity index (χ0n) is 5.19. The molecule has 0 N–H and O–H groups in total.